The molecule has 1 N–H and O–H groups in total. The summed E-state index contributed by atoms with van der Waals surface area (Å²) in [6.45, 7) is 3.62. The molecule has 0 atom stereocenters. The van der Waals surface area contributed by atoms with Crippen molar-refractivity contribution in [3.63, 3.8) is 0 Å². The highest BCUT2D eigenvalue weighted by Crippen LogP contribution is 2.13. The number of thiazole rings is 1. The van der Waals surface area contributed by atoms with E-state index in [0.717, 1.165) is 36.2 Å². The number of hydrogen-bond acceptors (Lipinski definition) is 5. The van der Waals surface area contributed by atoms with Crippen LogP contribution in [0.1, 0.15) is 22.6 Å². The van der Waals surface area contributed by atoms with E-state index >= 15 is 0 Å². The van der Waals surface area contributed by atoms with E-state index in [-0.39, 0.29) is 24.0 Å². The number of nitrogens with one attached hydrogen (secondary N) is 1. The average molecular weight is 449 g/mol. The van der Waals surface area contributed by atoms with Crippen LogP contribution in [-0.4, -0.2) is 51.2 Å². The molecule has 0 radical (unpaired) electrons. The smallest absolute Gasteiger partial charge is 0.193 e. The molecule has 0 unspecified atom stereocenters. The average Bonchev–Trinajstić information content (AvgIpc) is 3.13. The van der Waals surface area contributed by atoms with Crippen molar-refractivity contribution in [3.8, 4) is 0 Å². The van der Waals surface area contributed by atoms with Crippen LogP contribution in [0.3, 0.4) is 0 Å². The zero-order valence-corrected chi connectivity index (χ0v) is 17.1. The lowest BCUT2D eigenvalue weighted by Crippen LogP contribution is -2.39. The first-order valence-electron chi connectivity index (χ1n) is 7.32. The quantitative estimate of drug-likeness (QED) is 0.413. The van der Waals surface area contributed by atoms with E-state index in [4.69, 9.17) is 0 Å². The number of rotatable bonds is 6. The molecule has 9 heteroatoms. The predicted octanol–water partition coefficient (Wildman–Crippen LogP) is 1.70. The molecule has 23 heavy (non-hydrogen) atoms. The Morgan fingerprint density at radius 3 is 2.78 bits per heavy atom. The third-order valence-electron chi connectivity index (χ3n) is 3.33. The second-order valence-corrected chi connectivity index (χ2v) is 6.15. The minimum Gasteiger partial charge on any atom is -0.356 e. The van der Waals surface area contributed by atoms with E-state index in [0.29, 0.717) is 6.54 Å². The maximum Gasteiger partial charge on any atom is 0.193 e. The maximum atomic E-state index is 4.43. The molecule has 128 valence electrons. The van der Waals surface area contributed by atoms with Crippen LogP contribution < -0.4 is 5.32 Å². The van der Waals surface area contributed by atoms with Gasteiger partial charge in [0.1, 0.15) is 12.2 Å². The van der Waals surface area contributed by atoms with Gasteiger partial charge in [-0.3, -0.25) is 9.67 Å². The van der Waals surface area contributed by atoms with E-state index in [1.807, 2.05) is 25.2 Å². The molecule has 2 aromatic rings. The standard InChI is InChI=1S/C14H23N7S.HI/c1-5-11-8-17-13(22-11)6-7-16-14(15-2)20(3)9-12-18-10-19-21(12)4;/h8,10H,5-7,9H2,1-4H3,(H,15,16);1H. The summed E-state index contributed by atoms with van der Waals surface area (Å²) in [6.07, 6.45) is 5.48. The van der Waals surface area contributed by atoms with Gasteiger partial charge in [-0.1, -0.05) is 6.92 Å². The Hall–Kier alpha value is -1.23. The molecule has 0 aliphatic rings. The van der Waals surface area contributed by atoms with Crippen molar-refractivity contribution in [1.82, 2.24) is 30.0 Å². The van der Waals surface area contributed by atoms with Crippen LogP contribution in [0.5, 0.6) is 0 Å². The van der Waals surface area contributed by atoms with Crippen LogP contribution >= 0.6 is 35.3 Å². The molecule has 0 amide bonds. The summed E-state index contributed by atoms with van der Waals surface area (Å²) in [6, 6.07) is 0. The highest BCUT2D eigenvalue weighted by Gasteiger charge is 2.10. The zero-order chi connectivity index (χ0) is 15.9. The molecular formula is C14H24IN7S. The number of aryl methyl sites for hydroxylation is 2. The summed E-state index contributed by atoms with van der Waals surface area (Å²) in [4.78, 5) is 16.3. The minimum absolute atomic E-state index is 0. The summed E-state index contributed by atoms with van der Waals surface area (Å²) >= 11 is 1.78. The van der Waals surface area contributed by atoms with Crippen molar-refractivity contribution >= 4 is 41.3 Å². The van der Waals surface area contributed by atoms with E-state index < -0.39 is 0 Å². The second-order valence-electron chi connectivity index (χ2n) is 4.95. The third-order valence-corrected chi connectivity index (χ3v) is 4.53. The Morgan fingerprint density at radius 1 is 1.43 bits per heavy atom. The van der Waals surface area contributed by atoms with E-state index in [1.165, 1.54) is 4.88 Å². The lowest BCUT2D eigenvalue weighted by Gasteiger charge is -2.21. The highest BCUT2D eigenvalue weighted by atomic mass is 127. The summed E-state index contributed by atoms with van der Waals surface area (Å²) < 4.78 is 1.77. The Kier molecular flexibility index (Phi) is 8.45. The molecule has 0 aromatic carbocycles. The summed E-state index contributed by atoms with van der Waals surface area (Å²) in [5.74, 6) is 1.74. The fourth-order valence-electron chi connectivity index (χ4n) is 2.04. The molecule has 0 saturated heterocycles. The van der Waals surface area contributed by atoms with Crippen LogP contribution in [-0.2, 0) is 26.4 Å². The van der Waals surface area contributed by atoms with Crippen LogP contribution in [0.25, 0.3) is 0 Å². The summed E-state index contributed by atoms with van der Waals surface area (Å²) in [7, 11) is 5.66. The van der Waals surface area contributed by atoms with Crippen molar-refractivity contribution in [1.29, 1.82) is 0 Å². The molecule has 0 aliphatic heterocycles. The van der Waals surface area contributed by atoms with E-state index in [2.05, 4.69) is 32.3 Å². The topological polar surface area (TPSA) is 71.2 Å². The largest absolute Gasteiger partial charge is 0.356 e. The normalized spacial score (nSPS) is 11.2. The van der Waals surface area contributed by atoms with Gasteiger partial charge in [-0.2, -0.15) is 5.10 Å². The Balaban J connectivity index is 0.00000264. The molecule has 0 spiro atoms. The molecule has 2 rings (SSSR count). The molecule has 0 aliphatic carbocycles. The lowest BCUT2D eigenvalue weighted by atomic mass is 10.4. The van der Waals surface area contributed by atoms with Gasteiger partial charge in [0, 0.05) is 45.2 Å². The number of aliphatic imine (C=N–C) groups is 1. The highest BCUT2D eigenvalue weighted by molar-refractivity contribution is 14.0. The first-order valence-corrected chi connectivity index (χ1v) is 8.14. The Bertz CT molecular complexity index is 622. The maximum absolute atomic E-state index is 4.43. The van der Waals surface area contributed by atoms with E-state index in [1.54, 1.807) is 29.4 Å². The predicted molar refractivity (Wildman–Crippen MR) is 104 cm³/mol. The fourth-order valence-corrected chi connectivity index (χ4v) is 2.91. The monoisotopic (exact) mass is 449 g/mol. The molecule has 7 nitrogen and oxygen atoms in total. The number of guanidine groups is 1. The first-order chi connectivity index (χ1) is 10.6. The van der Waals surface area contributed by atoms with Crippen molar-refractivity contribution in [2.24, 2.45) is 12.0 Å². The molecule has 2 heterocycles. The van der Waals surface area contributed by atoms with Gasteiger partial charge >= 0.3 is 0 Å². The molecule has 0 bridgehead atoms. The number of nitrogens with zero attached hydrogens (tertiary/aromatic N) is 6. The van der Waals surface area contributed by atoms with Gasteiger partial charge in [0.15, 0.2) is 5.96 Å². The van der Waals surface area contributed by atoms with Gasteiger partial charge in [-0.15, -0.1) is 35.3 Å². The molecule has 0 saturated carbocycles. The van der Waals surface area contributed by atoms with Gasteiger partial charge in [0.05, 0.1) is 11.6 Å². The zero-order valence-electron chi connectivity index (χ0n) is 14.0. The SMILES string of the molecule is CCc1cnc(CCNC(=NC)N(C)Cc2ncnn2C)s1.I. The fraction of sp³-hybridized carbons (Fsp3) is 0.571. The van der Waals surface area contributed by atoms with Crippen molar-refractivity contribution in [2.75, 3.05) is 20.6 Å². The second kappa shape index (κ2) is 9.81. The van der Waals surface area contributed by atoms with Crippen molar-refractivity contribution in [3.05, 3.63) is 28.2 Å². The molecule has 0 fully saturated rings. The molecular weight excluding hydrogens is 425 g/mol. The number of halogens is 1. The third kappa shape index (κ3) is 5.72. The Labute approximate surface area is 158 Å². The summed E-state index contributed by atoms with van der Waals surface area (Å²) in [5, 5.41) is 8.60. The summed E-state index contributed by atoms with van der Waals surface area (Å²) in [5.41, 5.74) is 0. The van der Waals surface area contributed by atoms with Gasteiger partial charge in [0.25, 0.3) is 0 Å². The van der Waals surface area contributed by atoms with Crippen LogP contribution in [0, 0.1) is 0 Å². The molecule has 2 aromatic heterocycles. The number of aromatic nitrogens is 4. The minimum atomic E-state index is 0. The first kappa shape index (κ1) is 19.8. The van der Waals surface area contributed by atoms with Crippen molar-refractivity contribution < 1.29 is 0 Å². The Morgan fingerprint density at radius 2 is 2.22 bits per heavy atom. The van der Waals surface area contributed by atoms with Crippen molar-refractivity contribution in [2.45, 2.75) is 26.3 Å². The van der Waals surface area contributed by atoms with Gasteiger partial charge in [0.2, 0.25) is 0 Å². The lowest BCUT2D eigenvalue weighted by molar-refractivity contribution is 0.449. The van der Waals surface area contributed by atoms with Gasteiger partial charge in [-0.05, 0) is 6.42 Å². The van der Waals surface area contributed by atoms with Gasteiger partial charge < -0.3 is 10.2 Å². The van der Waals surface area contributed by atoms with Gasteiger partial charge in [-0.25, -0.2) is 9.97 Å². The van der Waals surface area contributed by atoms with E-state index in [9.17, 15) is 0 Å². The van der Waals surface area contributed by atoms with Crippen LogP contribution in [0.15, 0.2) is 17.5 Å². The van der Waals surface area contributed by atoms with Crippen LogP contribution in [0.4, 0.5) is 0 Å². The van der Waals surface area contributed by atoms with Crippen LogP contribution in [0.2, 0.25) is 0 Å². The number of hydrogen-bond donors (Lipinski definition) is 1.